The van der Waals surface area contributed by atoms with Crippen LogP contribution in [0.1, 0.15) is 63.4 Å². The minimum atomic E-state index is -0.870. The van der Waals surface area contributed by atoms with Gasteiger partial charge in [0.1, 0.15) is 0 Å². The Morgan fingerprint density at radius 2 is 2.03 bits per heavy atom. The molecule has 6 rings (SSSR count). The van der Waals surface area contributed by atoms with Gasteiger partial charge in [-0.15, -0.1) is 11.8 Å². The molecule has 1 aromatic carbocycles. The van der Waals surface area contributed by atoms with Gasteiger partial charge in [0, 0.05) is 41.3 Å². The molecule has 0 radical (unpaired) electrons. The number of thioether (sulfide) groups is 1. The first-order valence-corrected chi connectivity index (χ1v) is 13.8. The highest BCUT2D eigenvalue weighted by molar-refractivity contribution is 8.01. The molecule has 1 heterocycles. The lowest BCUT2D eigenvalue weighted by Gasteiger charge is -2.64. The Morgan fingerprint density at radius 1 is 1.21 bits per heavy atom. The van der Waals surface area contributed by atoms with Crippen molar-refractivity contribution in [2.45, 2.75) is 73.0 Å². The van der Waals surface area contributed by atoms with Gasteiger partial charge in [-0.05, 0) is 91.5 Å². The van der Waals surface area contributed by atoms with Crippen LogP contribution >= 0.6 is 11.8 Å². The van der Waals surface area contributed by atoms with Gasteiger partial charge in [0.25, 0.3) is 0 Å². The number of hydrogen-bond donors (Lipinski definition) is 2. The zero-order valence-corrected chi connectivity index (χ0v) is 21.4. The molecule has 1 unspecified atom stereocenters. The number of benzene rings is 1. The van der Waals surface area contributed by atoms with E-state index in [0.717, 1.165) is 38.5 Å². The first-order chi connectivity index (χ1) is 16.2. The third-order valence-corrected chi connectivity index (χ3v) is 12.0. The van der Waals surface area contributed by atoms with E-state index < -0.39 is 5.60 Å². The lowest BCUT2D eigenvalue weighted by atomic mass is 9.46. The second-order valence-electron chi connectivity index (χ2n) is 11.9. The van der Waals surface area contributed by atoms with Crippen molar-refractivity contribution in [2.24, 2.45) is 23.2 Å². The van der Waals surface area contributed by atoms with Crippen LogP contribution in [0.3, 0.4) is 0 Å². The van der Waals surface area contributed by atoms with Crippen molar-refractivity contribution in [3.63, 3.8) is 0 Å². The predicted molar refractivity (Wildman–Crippen MR) is 137 cm³/mol. The Bertz CT molecular complexity index is 1090. The maximum Gasteiger partial charge on any atom is 0.155 e. The number of rotatable bonds is 3. The Balaban J connectivity index is 1.53. The lowest BCUT2D eigenvalue weighted by molar-refractivity contribution is -0.116. The van der Waals surface area contributed by atoms with Gasteiger partial charge in [-0.25, -0.2) is 0 Å². The summed E-state index contributed by atoms with van der Waals surface area (Å²) in [6.45, 7) is 2.29. The molecule has 2 N–H and O–H groups in total. The van der Waals surface area contributed by atoms with Crippen molar-refractivity contribution in [3.8, 4) is 0 Å². The highest BCUT2D eigenvalue weighted by Crippen LogP contribution is 2.74. The number of carbonyl (C=O) groups excluding carboxylic acids is 1. The van der Waals surface area contributed by atoms with E-state index in [4.69, 9.17) is 0 Å². The molecule has 1 aliphatic heterocycles. The average molecular weight is 480 g/mol. The van der Waals surface area contributed by atoms with E-state index in [1.165, 1.54) is 21.7 Å². The van der Waals surface area contributed by atoms with Crippen LogP contribution in [0.15, 0.2) is 46.9 Å². The monoisotopic (exact) mass is 479 g/mol. The van der Waals surface area contributed by atoms with Crippen molar-refractivity contribution in [1.82, 2.24) is 0 Å². The van der Waals surface area contributed by atoms with Crippen LogP contribution in [0.25, 0.3) is 0 Å². The molecule has 0 saturated heterocycles. The summed E-state index contributed by atoms with van der Waals surface area (Å²) in [5.74, 6) is 2.23. The number of fused-ring (bicyclic) bond motifs is 4. The van der Waals surface area contributed by atoms with E-state index in [9.17, 15) is 15.0 Å². The van der Waals surface area contributed by atoms with Gasteiger partial charge in [0.05, 0.1) is 12.2 Å². The number of aliphatic hydroxyl groups is 2. The van der Waals surface area contributed by atoms with E-state index in [2.05, 4.69) is 55.9 Å². The summed E-state index contributed by atoms with van der Waals surface area (Å²) in [5.41, 5.74) is 2.96. The first-order valence-electron chi connectivity index (χ1n) is 13.0. The van der Waals surface area contributed by atoms with Crippen LogP contribution in [0.4, 0.5) is 5.69 Å². The van der Waals surface area contributed by atoms with E-state index in [-0.39, 0.29) is 16.8 Å². The van der Waals surface area contributed by atoms with Crippen molar-refractivity contribution in [2.75, 3.05) is 25.6 Å². The number of carbonyl (C=O) groups is 1. The highest BCUT2D eigenvalue weighted by atomic mass is 32.2. The zero-order chi connectivity index (χ0) is 23.9. The van der Waals surface area contributed by atoms with Gasteiger partial charge in [-0.2, -0.15) is 0 Å². The molecule has 0 bridgehead atoms. The summed E-state index contributed by atoms with van der Waals surface area (Å²) in [5, 5.41) is 21.4. The fraction of sp³-hybridized carbons (Fsp3) is 0.621. The maximum absolute atomic E-state index is 12.5. The molecular formula is C29H37NO3S. The van der Waals surface area contributed by atoms with Crippen molar-refractivity contribution in [3.05, 3.63) is 47.6 Å². The summed E-state index contributed by atoms with van der Waals surface area (Å²) < 4.78 is 0.0163. The second kappa shape index (κ2) is 7.72. The Labute approximate surface area is 207 Å². The third-order valence-electron chi connectivity index (χ3n) is 10.3. The van der Waals surface area contributed by atoms with Crippen LogP contribution in [0, 0.1) is 23.2 Å². The summed E-state index contributed by atoms with van der Waals surface area (Å²) in [6, 6.07) is 6.94. The van der Waals surface area contributed by atoms with Crippen LogP contribution < -0.4 is 4.90 Å². The fourth-order valence-electron chi connectivity index (χ4n) is 8.75. The number of anilines is 1. The molecule has 0 amide bonds. The highest BCUT2D eigenvalue weighted by Gasteiger charge is 2.68. The lowest BCUT2D eigenvalue weighted by Crippen LogP contribution is -2.60. The topological polar surface area (TPSA) is 60.8 Å². The van der Waals surface area contributed by atoms with Gasteiger partial charge >= 0.3 is 0 Å². The SMILES string of the molecule is CN(C)c1ccc2c(c1)S[C@]13CCC(=O)C=C1CC[C@@H]1C3[C@@H]2C[C@@]2(C)[C@H]1CC[C@@]2(O)/C=C\CO. The van der Waals surface area contributed by atoms with E-state index in [0.29, 0.717) is 35.9 Å². The van der Waals surface area contributed by atoms with E-state index >= 15 is 0 Å². The number of nitrogens with zero attached hydrogens (tertiary/aromatic N) is 1. The zero-order valence-electron chi connectivity index (χ0n) is 20.6. The number of hydrogen-bond acceptors (Lipinski definition) is 5. The third kappa shape index (κ3) is 2.96. The summed E-state index contributed by atoms with van der Waals surface area (Å²) in [7, 11) is 4.19. The molecular weight excluding hydrogens is 442 g/mol. The largest absolute Gasteiger partial charge is 0.392 e. The molecule has 182 valence electrons. The van der Waals surface area contributed by atoms with Crippen molar-refractivity contribution in [1.29, 1.82) is 0 Å². The van der Waals surface area contributed by atoms with Crippen LogP contribution in [0.2, 0.25) is 0 Å². The van der Waals surface area contributed by atoms with Gasteiger partial charge in [0.2, 0.25) is 0 Å². The first kappa shape index (κ1) is 22.9. The molecule has 3 saturated carbocycles. The number of aliphatic hydroxyl groups excluding tert-OH is 1. The Morgan fingerprint density at radius 3 is 2.79 bits per heavy atom. The van der Waals surface area contributed by atoms with Crippen LogP contribution in [-0.4, -0.2) is 47.0 Å². The molecule has 1 spiro atoms. The molecule has 5 heteroatoms. The maximum atomic E-state index is 12.5. The average Bonchev–Trinajstić information content (AvgIpc) is 3.08. The van der Waals surface area contributed by atoms with E-state index in [1.807, 2.05) is 12.2 Å². The molecule has 4 aliphatic carbocycles. The minimum absolute atomic E-state index is 0.0163. The summed E-state index contributed by atoms with van der Waals surface area (Å²) in [6.07, 6.45) is 12.2. The normalized spacial score (nSPS) is 42.5. The quantitative estimate of drug-likeness (QED) is 0.591. The molecule has 5 aliphatic rings. The molecule has 3 fully saturated rings. The van der Waals surface area contributed by atoms with Crippen molar-refractivity contribution < 1.29 is 15.0 Å². The number of ketones is 1. The minimum Gasteiger partial charge on any atom is -0.392 e. The van der Waals surface area contributed by atoms with Crippen LogP contribution in [-0.2, 0) is 4.79 Å². The van der Waals surface area contributed by atoms with Gasteiger partial charge in [0.15, 0.2) is 5.78 Å². The van der Waals surface area contributed by atoms with Gasteiger partial charge < -0.3 is 15.1 Å². The molecule has 1 aromatic rings. The van der Waals surface area contributed by atoms with Gasteiger partial charge in [-0.1, -0.05) is 25.1 Å². The molecule has 4 nitrogen and oxygen atoms in total. The van der Waals surface area contributed by atoms with Crippen molar-refractivity contribution >= 4 is 23.2 Å². The van der Waals surface area contributed by atoms with Crippen LogP contribution in [0.5, 0.6) is 0 Å². The molecule has 7 atom stereocenters. The Hall–Kier alpha value is -1.56. The van der Waals surface area contributed by atoms with E-state index in [1.54, 1.807) is 6.08 Å². The summed E-state index contributed by atoms with van der Waals surface area (Å²) >= 11 is 2.05. The molecule has 34 heavy (non-hydrogen) atoms. The standard InChI is InChI=1S/C29H37NO3S/c1-27-17-23-21-8-6-19(30(2)3)16-25(21)34-29-13-9-20(32)15-18(29)5-7-22(26(23)29)24(27)10-12-28(27,33)11-4-14-31/h4,6,8,11,15-16,22-24,26,31,33H,5,7,9-10,12-14,17H2,1-3H3/b11-4-/t22-,23+,24-,26?,27-,28-,29+/m0/s1. The molecule has 0 aromatic heterocycles. The second-order valence-corrected chi connectivity index (χ2v) is 13.2. The Kier molecular flexibility index (Phi) is 5.19. The smallest absolute Gasteiger partial charge is 0.155 e. The van der Waals surface area contributed by atoms with Gasteiger partial charge in [-0.3, -0.25) is 4.79 Å². The predicted octanol–water partition coefficient (Wildman–Crippen LogP) is 5.10. The fourth-order valence-corrected chi connectivity index (χ4v) is 10.6. The summed E-state index contributed by atoms with van der Waals surface area (Å²) in [4.78, 5) is 16.0.